The standard InChI is InChI=1S/C17H25N3OS2/c1-3-18-15-19-20-16(23-15)22-10(2)14(21)17-7-11-4-12(8-17)6-13(5-11)9-17/h10-13H,3-9H2,1-2H3,(H,18,19). The highest BCUT2D eigenvalue weighted by atomic mass is 32.2. The van der Waals surface area contributed by atoms with Crippen LogP contribution in [0.1, 0.15) is 52.4 Å². The summed E-state index contributed by atoms with van der Waals surface area (Å²) < 4.78 is 0.909. The molecule has 1 N–H and O–H groups in total. The second-order valence-electron chi connectivity index (χ2n) is 7.73. The van der Waals surface area contributed by atoms with E-state index in [4.69, 9.17) is 0 Å². The Kier molecular flexibility index (Phi) is 4.16. The molecule has 1 aromatic rings. The lowest BCUT2D eigenvalue weighted by molar-refractivity contribution is -0.142. The number of hydrogen-bond acceptors (Lipinski definition) is 6. The van der Waals surface area contributed by atoms with Gasteiger partial charge in [-0.05, 0) is 70.1 Å². The molecule has 0 amide bonds. The molecular weight excluding hydrogens is 326 g/mol. The Morgan fingerprint density at radius 3 is 2.43 bits per heavy atom. The van der Waals surface area contributed by atoms with Gasteiger partial charge >= 0.3 is 0 Å². The Morgan fingerprint density at radius 2 is 1.87 bits per heavy atom. The summed E-state index contributed by atoms with van der Waals surface area (Å²) in [7, 11) is 0. The van der Waals surface area contributed by atoms with Crippen molar-refractivity contribution in [3.63, 3.8) is 0 Å². The van der Waals surface area contributed by atoms with Crippen molar-refractivity contribution in [3.05, 3.63) is 0 Å². The van der Waals surface area contributed by atoms with E-state index in [2.05, 4.69) is 22.4 Å². The van der Waals surface area contributed by atoms with Gasteiger partial charge in [0.05, 0.1) is 5.25 Å². The van der Waals surface area contributed by atoms with E-state index in [-0.39, 0.29) is 10.7 Å². The number of carbonyl (C=O) groups excluding carboxylic acids is 1. The minimum atomic E-state index is -0.00586. The average molecular weight is 352 g/mol. The Labute approximate surface area is 146 Å². The third-order valence-electron chi connectivity index (χ3n) is 5.94. The van der Waals surface area contributed by atoms with Crippen LogP contribution in [0.25, 0.3) is 0 Å². The number of aromatic nitrogens is 2. The summed E-state index contributed by atoms with van der Waals surface area (Å²) >= 11 is 3.16. The molecule has 0 aromatic carbocycles. The van der Waals surface area contributed by atoms with E-state index in [1.807, 2.05) is 6.92 Å². The second-order valence-corrected chi connectivity index (χ2v) is 10.3. The Bertz CT molecular complexity index is 565. The molecule has 4 nitrogen and oxygen atoms in total. The van der Waals surface area contributed by atoms with Crippen LogP contribution in [0, 0.1) is 23.2 Å². The van der Waals surface area contributed by atoms with Gasteiger partial charge in [-0.15, -0.1) is 10.2 Å². The molecule has 6 heteroatoms. The third-order valence-corrected chi connectivity index (χ3v) is 8.01. The predicted octanol–water partition coefficient (Wildman–Crippen LogP) is 4.24. The Balaban J connectivity index is 1.45. The lowest BCUT2D eigenvalue weighted by Gasteiger charge is -2.56. The van der Waals surface area contributed by atoms with E-state index < -0.39 is 0 Å². The number of hydrogen-bond donors (Lipinski definition) is 1. The van der Waals surface area contributed by atoms with Crippen molar-refractivity contribution in [2.24, 2.45) is 23.2 Å². The zero-order valence-electron chi connectivity index (χ0n) is 13.9. The first-order valence-electron chi connectivity index (χ1n) is 8.86. The van der Waals surface area contributed by atoms with Crippen LogP contribution in [0.15, 0.2) is 4.34 Å². The first-order valence-corrected chi connectivity index (χ1v) is 10.6. The molecule has 5 rings (SSSR count). The van der Waals surface area contributed by atoms with E-state index in [9.17, 15) is 4.79 Å². The van der Waals surface area contributed by atoms with E-state index in [0.717, 1.165) is 53.0 Å². The fraction of sp³-hybridized carbons (Fsp3) is 0.824. The fourth-order valence-corrected chi connectivity index (χ4v) is 7.68. The van der Waals surface area contributed by atoms with Gasteiger partial charge in [0.25, 0.3) is 0 Å². The van der Waals surface area contributed by atoms with E-state index in [1.54, 1.807) is 23.1 Å². The summed E-state index contributed by atoms with van der Waals surface area (Å²) in [6, 6.07) is 0. The van der Waals surface area contributed by atoms with Gasteiger partial charge in [-0.3, -0.25) is 4.79 Å². The quantitative estimate of drug-likeness (QED) is 0.777. The second kappa shape index (κ2) is 6.03. The topological polar surface area (TPSA) is 54.9 Å². The predicted molar refractivity (Wildman–Crippen MR) is 95.0 cm³/mol. The molecule has 1 unspecified atom stereocenters. The average Bonchev–Trinajstić information content (AvgIpc) is 2.92. The summed E-state index contributed by atoms with van der Waals surface area (Å²) in [6.45, 7) is 4.97. The lowest BCUT2D eigenvalue weighted by atomic mass is 9.48. The molecule has 1 aromatic heterocycles. The summed E-state index contributed by atoms with van der Waals surface area (Å²) in [6.07, 6.45) is 7.62. The van der Waals surface area contributed by atoms with Crippen molar-refractivity contribution in [2.75, 3.05) is 11.9 Å². The summed E-state index contributed by atoms with van der Waals surface area (Å²) in [4.78, 5) is 13.3. The van der Waals surface area contributed by atoms with Crippen molar-refractivity contribution in [1.82, 2.24) is 10.2 Å². The fourth-order valence-electron chi connectivity index (χ4n) is 5.53. The third kappa shape index (κ3) is 2.93. The number of ketones is 1. The van der Waals surface area contributed by atoms with E-state index in [0.29, 0.717) is 5.78 Å². The van der Waals surface area contributed by atoms with Crippen LogP contribution in [0.3, 0.4) is 0 Å². The van der Waals surface area contributed by atoms with Gasteiger partial charge in [0.15, 0.2) is 10.1 Å². The van der Waals surface area contributed by atoms with Crippen molar-refractivity contribution < 1.29 is 4.79 Å². The van der Waals surface area contributed by atoms with Crippen molar-refractivity contribution in [1.29, 1.82) is 0 Å². The zero-order valence-corrected chi connectivity index (χ0v) is 15.5. The maximum Gasteiger partial charge on any atom is 0.206 e. The molecule has 23 heavy (non-hydrogen) atoms. The number of rotatable bonds is 6. The summed E-state index contributed by atoms with van der Waals surface area (Å²) in [5, 5.41) is 12.4. The molecule has 4 fully saturated rings. The molecule has 0 radical (unpaired) electrons. The zero-order chi connectivity index (χ0) is 16.0. The Morgan fingerprint density at radius 1 is 1.26 bits per heavy atom. The van der Waals surface area contributed by atoms with E-state index in [1.165, 1.54) is 19.3 Å². The molecule has 126 valence electrons. The van der Waals surface area contributed by atoms with Crippen LogP contribution in [0.4, 0.5) is 5.13 Å². The number of carbonyl (C=O) groups is 1. The van der Waals surface area contributed by atoms with Gasteiger partial charge in [0, 0.05) is 12.0 Å². The van der Waals surface area contributed by atoms with Gasteiger partial charge < -0.3 is 5.32 Å². The van der Waals surface area contributed by atoms with Crippen LogP contribution in [-0.4, -0.2) is 27.8 Å². The van der Waals surface area contributed by atoms with Crippen molar-refractivity contribution in [2.45, 2.75) is 62.0 Å². The number of nitrogens with zero attached hydrogens (tertiary/aromatic N) is 2. The molecule has 4 aliphatic rings. The molecular formula is C17H25N3OS2. The van der Waals surface area contributed by atoms with Crippen molar-refractivity contribution >= 4 is 34.0 Å². The molecule has 1 atom stereocenters. The van der Waals surface area contributed by atoms with Crippen LogP contribution in [-0.2, 0) is 4.79 Å². The maximum absolute atomic E-state index is 13.3. The summed E-state index contributed by atoms with van der Waals surface area (Å²) in [5.41, 5.74) is -0.00362. The molecule has 4 bridgehead atoms. The highest BCUT2D eigenvalue weighted by Gasteiger charge is 2.55. The van der Waals surface area contributed by atoms with Gasteiger partial charge in [-0.1, -0.05) is 23.1 Å². The van der Waals surface area contributed by atoms with Gasteiger partial charge in [0.2, 0.25) is 5.13 Å². The van der Waals surface area contributed by atoms with E-state index >= 15 is 0 Å². The molecule has 0 aliphatic heterocycles. The largest absolute Gasteiger partial charge is 0.360 e. The van der Waals surface area contributed by atoms with Crippen molar-refractivity contribution in [3.8, 4) is 0 Å². The van der Waals surface area contributed by atoms with Crippen LogP contribution < -0.4 is 5.32 Å². The highest BCUT2D eigenvalue weighted by molar-refractivity contribution is 8.02. The molecule has 0 spiro atoms. The number of nitrogens with one attached hydrogen (secondary N) is 1. The molecule has 0 saturated heterocycles. The highest BCUT2D eigenvalue weighted by Crippen LogP contribution is 2.61. The maximum atomic E-state index is 13.3. The number of Topliss-reactive ketones (excluding diaryl/α,β-unsaturated/α-hetero) is 1. The number of anilines is 1. The SMILES string of the molecule is CCNc1nnc(SC(C)C(=O)C23CC4CC(CC(C4)C2)C3)s1. The smallest absolute Gasteiger partial charge is 0.206 e. The first kappa shape index (κ1) is 15.9. The lowest BCUT2D eigenvalue weighted by Crippen LogP contribution is -2.51. The van der Waals surface area contributed by atoms with Gasteiger partial charge in [0.1, 0.15) is 0 Å². The number of thioether (sulfide) groups is 1. The molecule has 4 saturated carbocycles. The monoisotopic (exact) mass is 351 g/mol. The summed E-state index contributed by atoms with van der Waals surface area (Å²) in [5.74, 6) is 2.96. The molecule has 4 aliphatic carbocycles. The first-order chi connectivity index (χ1) is 11.1. The molecule has 1 heterocycles. The normalized spacial score (nSPS) is 36.2. The van der Waals surface area contributed by atoms with Crippen LogP contribution >= 0.6 is 23.1 Å². The van der Waals surface area contributed by atoms with Crippen LogP contribution in [0.2, 0.25) is 0 Å². The van der Waals surface area contributed by atoms with Gasteiger partial charge in [-0.2, -0.15) is 0 Å². The van der Waals surface area contributed by atoms with Crippen LogP contribution in [0.5, 0.6) is 0 Å². The Hall–Kier alpha value is -0.620. The van der Waals surface area contributed by atoms with Gasteiger partial charge in [-0.25, -0.2) is 0 Å². The minimum absolute atomic E-state index is 0.00362. The minimum Gasteiger partial charge on any atom is -0.360 e.